The lowest BCUT2D eigenvalue weighted by Crippen LogP contribution is -2.00. The maximum Gasteiger partial charge on any atom is 0.0708 e. The maximum absolute atomic E-state index is 5.59. The van der Waals surface area contributed by atoms with Crippen LogP contribution in [0.25, 0.3) is 10.9 Å². The van der Waals surface area contributed by atoms with E-state index in [0.29, 0.717) is 5.92 Å². The molecule has 2 rings (SSSR count). The summed E-state index contributed by atoms with van der Waals surface area (Å²) in [5.41, 5.74) is 10.6. The smallest absolute Gasteiger partial charge is 0.0708 e. The van der Waals surface area contributed by atoms with Crippen molar-refractivity contribution in [3.63, 3.8) is 0 Å². The first-order valence-electron chi connectivity index (χ1n) is 7.22. The lowest BCUT2D eigenvalue weighted by Gasteiger charge is -2.11. The highest BCUT2D eigenvalue weighted by Gasteiger charge is 2.07. The molecule has 2 N–H and O–H groups in total. The Labute approximate surface area is 116 Å². The van der Waals surface area contributed by atoms with E-state index in [2.05, 4.69) is 50.0 Å². The van der Waals surface area contributed by atoms with Gasteiger partial charge in [-0.2, -0.15) is 0 Å². The molecule has 102 valence electrons. The van der Waals surface area contributed by atoms with Crippen molar-refractivity contribution in [3.05, 3.63) is 41.1 Å². The number of hydrogen-bond donors (Lipinski definition) is 1. The number of pyridine rings is 1. The summed E-state index contributed by atoms with van der Waals surface area (Å²) in [6, 6.07) is 8.89. The molecule has 0 radical (unpaired) electrons. The van der Waals surface area contributed by atoms with Crippen LogP contribution >= 0.6 is 0 Å². The van der Waals surface area contributed by atoms with Crippen LogP contribution in [0.2, 0.25) is 0 Å². The van der Waals surface area contributed by atoms with Crippen LogP contribution in [-0.4, -0.2) is 11.5 Å². The number of unbranched alkanes of at least 4 members (excludes halogenated alkanes) is 1. The third-order valence-corrected chi connectivity index (χ3v) is 3.61. The van der Waals surface area contributed by atoms with E-state index < -0.39 is 0 Å². The molecule has 1 heterocycles. The minimum absolute atomic E-state index is 0.558. The van der Waals surface area contributed by atoms with Crippen molar-refractivity contribution in [1.29, 1.82) is 0 Å². The Morgan fingerprint density at radius 2 is 1.95 bits per heavy atom. The van der Waals surface area contributed by atoms with Gasteiger partial charge >= 0.3 is 0 Å². The molecule has 1 aromatic heterocycles. The number of hydrogen-bond acceptors (Lipinski definition) is 2. The Hall–Kier alpha value is -1.41. The van der Waals surface area contributed by atoms with Crippen LogP contribution in [0.3, 0.4) is 0 Å². The molecule has 0 amide bonds. The monoisotopic (exact) mass is 256 g/mol. The fourth-order valence-corrected chi connectivity index (χ4v) is 2.49. The average Bonchev–Trinajstić information content (AvgIpc) is 2.38. The van der Waals surface area contributed by atoms with E-state index in [4.69, 9.17) is 5.73 Å². The average molecular weight is 256 g/mol. The third-order valence-electron chi connectivity index (χ3n) is 3.61. The summed E-state index contributed by atoms with van der Waals surface area (Å²) in [4.78, 5) is 4.64. The molecule has 0 aliphatic heterocycles. The van der Waals surface area contributed by atoms with Gasteiger partial charge in [0.1, 0.15) is 0 Å². The van der Waals surface area contributed by atoms with Gasteiger partial charge in [-0.05, 0) is 68.0 Å². The molecule has 0 aliphatic rings. The Balaban J connectivity index is 2.43. The van der Waals surface area contributed by atoms with Crippen LogP contribution in [0.15, 0.2) is 24.3 Å². The molecule has 2 heteroatoms. The fourth-order valence-electron chi connectivity index (χ4n) is 2.49. The second-order valence-electron chi connectivity index (χ2n) is 5.60. The number of benzene rings is 1. The summed E-state index contributed by atoms with van der Waals surface area (Å²) >= 11 is 0. The lowest BCUT2D eigenvalue weighted by molar-refractivity contribution is 0.746. The van der Waals surface area contributed by atoms with Crippen LogP contribution in [0.5, 0.6) is 0 Å². The molecule has 0 saturated carbocycles. The Morgan fingerprint density at radius 3 is 2.63 bits per heavy atom. The molecule has 2 aromatic rings. The van der Waals surface area contributed by atoms with Crippen LogP contribution in [0, 0.1) is 6.92 Å². The maximum atomic E-state index is 5.59. The molecule has 19 heavy (non-hydrogen) atoms. The number of nitrogens with two attached hydrogens (primary N) is 1. The highest BCUT2D eigenvalue weighted by molar-refractivity contribution is 5.83. The molecule has 0 unspecified atom stereocenters. The van der Waals surface area contributed by atoms with Gasteiger partial charge in [0.25, 0.3) is 0 Å². The molecule has 0 aliphatic carbocycles. The number of fused-ring (bicyclic) bond motifs is 1. The predicted octanol–water partition coefficient (Wildman–Crippen LogP) is 3.95. The standard InChI is InChI=1S/C17H24N2/c1-12(2)14-7-8-17-16(11-14)15(6-4-5-9-18)10-13(3)19-17/h7-8,10-12H,4-6,9,18H2,1-3H3. The van der Waals surface area contributed by atoms with Gasteiger partial charge in [0.05, 0.1) is 5.52 Å². The summed E-state index contributed by atoms with van der Waals surface area (Å²) in [5, 5.41) is 1.31. The Kier molecular flexibility index (Phi) is 4.54. The molecule has 0 fully saturated rings. The van der Waals surface area contributed by atoms with E-state index in [9.17, 15) is 0 Å². The van der Waals surface area contributed by atoms with Crippen molar-refractivity contribution in [3.8, 4) is 0 Å². The van der Waals surface area contributed by atoms with E-state index in [1.54, 1.807) is 0 Å². The third kappa shape index (κ3) is 3.32. The van der Waals surface area contributed by atoms with Crippen molar-refractivity contribution in [2.24, 2.45) is 5.73 Å². The SMILES string of the molecule is Cc1cc(CCCCN)c2cc(C(C)C)ccc2n1. The largest absolute Gasteiger partial charge is 0.330 e. The minimum Gasteiger partial charge on any atom is -0.330 e. The van der Waals surface area contributed by atoms with Crippen molar-refractivity contribution in [2.45, 2.75) is 46.0 Å². The van der Waals surface area contributed by atoms with E-state index in [1.807, 2.05) is 0 Å². The van der Waals surface area contributed by atoms with Crippen molar-refractivity contribution < 1.29 is 0 Å². The fraction of sp³-hybridized carbons (Fsp3) is 0.471. The van der Waals surface area contributed by atoms with Gasteiger partial charge < -0.3 is 5.73 Å². The summed E-state index contributed by atoms with van der Waals surface area (Å²) in [6.45, 7) is 7.31. The summed E-state index contributed by atoms with van der Waals surface area (Å²) in [5.74, 6) is 0.558. The predicted molar refractivity (Wildman–Crippen MR) is 82.6 cm³/mol. The van der Waals surface area contributed by atoms with E-state index in [-0.39, 0.29) is 0 Å². The highest BCUT2D eigenvalue weighted by Crippen LogP contribution is 2.25. The number of rotatable bonds is 5. The Morgan fingerprint density at radius 1 is 1.16 bits per heavy atom. The zero-order valence-electron chi connectivity index (χ0n) is 12.2. The second kappa shape index (κ2) is 6.16. The number of aryl methyl sites for hydroxylation is 2. The van der Waals surface area contributed by atoms with Crippen molar-refractivity contribution >= 4 is 10.9 Å². The lowest BCUT2D eigenvalue weighted by atomic mass is 9.96. The van der Waals surface area contributed by atoms with E-state index in [1.165, 1.54) is 16.5 Å². The van der Waals surface area contributed by atoms with Crippen LogP contribution in [0.1, 0.15) is 49.4 Å². The topological polar surface area (TPSA) is 38.9 Å². The number of nitrogens with zero attached hydrogens (tertiary/aromatic N) is 1. The zero-order chi connectivity index (χ0) is 13.8. The normalized spacial score (nSPS) is 11.4. The van der Waals surface area contributed by atoms with Gasteiger partial charge in [-0.15, -0.1) is 0 Å². The molecular weight excluding hydrogens is 232 g/mol. The first-order valence-corrected chi connectivity index (χ1v) is 7.22. The van der Waals surface area contributed by atoms with Gasteiger partial charge in [-0.25, -0.2) is 0 Å². The molecular formula is C17H24N2. The van der Waals surface area contributed by atoms with Crippen molar-refractivity contribution in [1.82, 2.24) is 4.98 Å². The quantitative estimate of drug-likeness (QED) is 0.823. The molecule has 0 atom stereocenters. The van der Waals surface area contributed by atoms with Crippen LogP contribution in [0.4, 0.5) is 0 Å². The second-order valence-corrected chi connectivity index (χ2v) is 5.60. The van der Waals surface area contributed by atoms with Gasteiger partial charge in [0.15, 0.2) is 0 Å². The van der Waals surface area contributed by atoms with E-state index in [0.717, 1.165) is 37.0 Å². The van der Waals surface area contributed by atoms with Gasteiger partial charge in [-0.3, -0.25) is 4.98 Å². The molecule has 0 saturated heterocycles. The van der Waals surface area contributed by atoms with Crippen molar-refractivity contribution in [2.75, 3.05) is 6.54 Å². The van der Waals surface area contributed by atoms with Crippen LogP contribution < -0.4 is 5.73 Å². The minimum atomic E-state index is 0.558. The summed E-state index contributed by atoms with van der Waals surface area (Å²) in [7, 11) is 0. The molecule has 0 spiro atoms. The molecule has 2 nitrogen and oxygen atoms in total. The van der Waals surface area contributed by atoms with Crippen LogP contribution in [-0.2, 0) is 6.42 Å². The van der Waals surface area contributed by atoms with Gasteiger partial charge in [0, 0.05) is 11.1 Å². The van der Waals surface area contributed by atoms with E-state index >= 15 is 0 Å². The first kappa shape index (κ1) is 14.0. The molecule has 0 bridgehead atoms. The summed E-state index contributed by atoms with van der Waals surface area (Å²) < 4.78 is 0. The Bertz CT molecular complexity index is 558. The highest BCUT2D eigenvalue weighted by atomic mass is 14.7. The number of aromatic nitrogens is 1. The van der Waals surface area contributed by atoms with Gasteiger partial charge in [-0.1, -0.05) is 19.9 Å². The zero-order valence-corrected chi connectivity index (χ0v) is 12.2. The molecule has 1 aromatic carbocycles. The first-order chi connectivity index (χ1) is 9.11. The summed E-state index contributed by atoms with van der Waals surface area (Å²) in [6.07, 6.45) is 3.34. The van der Waals surface area contributed by atoms with Gasteiger partial charge in [0.2, 0.25) is 0 Å².